The predicted molar refractivity (Wildman–Crippen MR) is 70.8 cm³/mol. The normalized spacial score (nSPS) is 56.0. The standard InChI is InChI=1S/C15H24O5/c1-12(2)4-8-9(5-12)13(3)6-14(13,11(18)19)15(20,7-16)10(8)17/h8-10,16-17,20H,4-7H2,1-3H3,(H,18,19)/t8-,9-,10+,13-,14+,15-/m0/s1. The van der Waals surface area contributed by atoms with Crippen LogP contribution in [0.3, 0.4) is 0 Å². The van der Waals surface area contributed by atoms with Crippen molar-refractivity contribution in [2.24, 2.45) is 28.1 Å². The van der Waals surface area contributed by atoms with Crippen LogP contribution in [0.15, 0.2) is 0 Å². The van der Waals surface area contributed by atoms with E-state index < -0.39 is 35.1 Å². The zero-order valence-corrected chi connectivity index (χ0v) is 12.3. The van der Waals surface area contributed by atoms with Crippen molar-refractivity contribution >= 4 is 5.97 Å². The van der Waals surface area contributed by atoms with Crippen LogP contribution in [0, 0.1) is 28.1 Å². The summed E-state index contributed by atoms with van der Waals surface area (Å²) in [6.07, 6.45) is 0.778. The SMILES string of the molecule is CC1(C)C[C@@H]2[C@@H](O)[C@@](O)(CO)[C@@]3(C(=O)O)C[C@@]3(C)[C@H]2C1. The molecule has 0 radical (unpaired) electrons. The molecule has 0 aliphatic heterocycles. The van der Waals surface area contributed by atoms with Gasteiger partial charge in [-0.1, -0.05) is 20.8 Å². The van der Waals surface area contributed by atoms with E-state index in [0.29, 0.717) is 6.42 Å². The highest BCUT2D eigenvalue weighted by Crippen LogP contribution is 2.80. The molecule has 0 saturated heterocycles. The smallest absolute Gasteiger partial charge is 0.313 e. The van der Waals surface area contributed by atoms with Crippen molar-refractivity contribution in [3.63, 3.8) is 0 Å². The Hall–Kier alpha value is -0.650. The highest BCUT2D eigenvalue weighted by molar-refractivity contribution is 5.83. The first kappa shape index (κ1) is 14.3. The molecule has 0 aromatic carbocycles. The van der Waals surface area contributed by atoms with E-state index in [2.05, 4.69) is 13.8 Å². The zero-order chi connectivity index (χ0) is 15.1. The van der Waals surface area contributed by atoms with Gasteiger partial charge in [-0.15, -0.1) is 0 Å². The summed E-state index contributed by atoms with van der Waals surface area (Å²) in [6.45, 7) is 5.42. The molecule has 6 atom stereocenters. The number of carboxylic acids is 1. The van der Waals surface area contributed by atoms with E-state index in [-0.39, 0.29) is 17.3 Å². The van der Waals surface area contributed by atoms with E-state index in [1.54, 1.807) is 0 Å². The number of carbonyl (C=O) groups is 1. The minimum Gasteiger partial charge on any atom is -0.481 e. The van der Waals surface area contributed by atoms with Crippen LogP contribution in [0.1, 0.15) is 40.0 Å². The summed E-state index contributed by atoms with van der Waals surface area (Å²) in [6, 6.07) is 0. The fourth-order valence-electron chi connectivity index (χ4n) is 5.58. The summed E-state index contributed by atoms with van der Waals surface area (Å²) in [5.41, 5.74) is -3.84. The molecular formula is C15H24O5. The maximum Gasteiger partial charge on any atom is 0.313 e. The number of hydrogen-bond acceptors (Lipinski definition) is 4. The lowest BCUT2D eigenvalue weighted by Crippen LogP contribution is -2.64. The van der Waals surface area contributed by atoms with Crippen LogP contribution in [-0.2, 0) is 4.79 Å². The first-order valence-electron chi connectivity index (χ1n) is 7.30. The summed E-state index contributed by atoms with van der Waals surface area (Å²) in [5.74, 6) is -1.14. The highest BCUT2D eigenvalue weighted by atomic mass is 16.4. The lowest BCUT2D eigenvalue weighted by atomic mass is 9.60. The lowest BCUT2D eigenvalue weighted by molar-refractivity contribution is -0.218. The molecular weight excluding hydrogens is 260 g/mol. The number of aliphatic hydroxyl groups is 3. The number of aliphatic hydroxyl groups excluding tert-OH is 2. The van der Waals surface area contributed by atoms with Gasteiger partial charge in [-0.3, -0.25) is 4.79 Å². The van der Waals surface area contributed by atoms with Crippen molar-refractivity contribution in [1.82, 2.24) is 0 Å². The van der Waals surface area contributed by atoms with Crippen molar-refractivity contribution < 1.29 is 25.2 Å². The molecule has 0 aromatic heterocycles. The second-order valence-electron chi connectivity index (χ2n) is 8.17. The van der Waals surface area contributed by atoms with Gasteiger partial charge in [0.05, 0.1) is 12.7 Å². The molecule has 114 valence electrons. The molecule has 0 spiro atoms. The molecule has 5 nitrogen and oxygen atoms in total. The Bertz CT molecular complexity index is 475. The van der Waals surface area contributed by atoms with Gasteiger partial charge in [-0.05, 0) is 41.9 Å². The Balaban J connectivity index is 2.12. The first-order chi connectivity index (χ1) is 9.06. The molecule has 0 heterocycles. The zero-order valence-electron chi connectivity index (χ0n) is 12.3. The molecule has 0 aromatic rings. The van der Waals surface area contributed by atoms with Crippen LogP contribution < -0.4 is 0 Å². The first-order valence-corrected chi connectivity index (χ1v) is 7.30. The molecule has 3 rings (SSSR count). The third-order valence-corrected chi connectivity index (χ3v) is 6.62. The molecule has 3 aliphatic carbocycles. The second-order valence-corrected chi connectivity index (χ2v) is 8.17. The Labute approximate surface area is 118 Å². The van der Waals surface area contributed by atoms with Gasteiger partial charge in [0, 0.05) is 0 Å². The lowest BCUT2D eigenvalue weighted by Gasteiger charge is -2.49. The Morgan fingerprint density at radius 2 is 1.85 bits per heavy atom. The van der Waals surface area contributed by atoms with Crippen molar-refractivity contribution in [2.75, 3.05) is 6.61 Å². The maximum absolute atomic E-state index is 11.8. The molecule has 0 amide bonds. The summed E-state index contributed by atoms with van der Waals surface area (Å²) in [7, 11) is 0. The van der Waals surface area contributed by atoms with Crippen LogP contribution >= 0.6 is 0 Å². The van der Waals surface area contributed by atoms with Crippen LogP contribution in [-0.4, -0.2) is 44.7 Å². The number of fused-ring (bicyclic) bond motifs is 3. The average Bonchev–Trinajstić information content (AvgIpc) is 2.88. The molecule has 3 aliphatic rings. The quantitative estimate of drug-likeness (QED) is 0.596. The van der Waals surface area contributed by atoms with Crippen molar-refractivity contribution in [3.05, 3.63) is 0 Å². The monoisotopic (exact) mass is 284 g/mol. The molecule has 5 heteroatoms. The molecule has 3 saturated carbocycles. The van der Waals surface area contributed by atoms with Gasteiger partial charge >= 0.3 is 5.97 Å². The summed E-state index contributed by atoms with van der Waals surface area (Å²) < 4.78 is 0. The third-order valence-electron chi connectivity index (χ3n) is 6.62. The number of aliphatic carboxylic acids is 1. The third kappa shape index (κ3) is 1.27. The largest absolute Gasteiger partial charge is 0.481 e. The van der Waals surface area contributed by atoms with Gasteiger partial charge < -0.3 is 20.4 Å². The predicted octanol–water partition coefficient (Wildman–Crippen LogP) is 0.618. The average molecular weight is 284 g/mol. The summed E-state index contributed by atoms with van der Waals surface area (Å²) in [5, 5.41) is 40.6. The topological polar surface area (TPSA) is 98.0 Å². The van der Waals surface area contributed by atoms with Gasteiger partial charge in [0.1, 0.15) is 11.0 Å². The van der Waals surface area contributed by atoms with Crippen molar-refractivity contribution in [3.8, 4) is 0 Å². The minimum absolute atomic E-state index is 0.0346. The van der Waals surface area contributed by atoms with Gasteiger partial charge in [0.15, 0.2) is 0 Å². The minimum atomic E-state index is -1.94. The van der Waals surface area contributed by atoms with Crippen molar-refractivity contribution in [2.45, 2.75) is 51.7 Å². The maximum atomic E-state index is 11.8. The number of carboxylic acid groups (broad SMARTS) is 1. The highest BCUT2D eigenvalue weighted by Gasteiger charge is 2.86. The van der Waals surface area contributed by atoms with Gasteiger partial charge in [-0.25, -0.2) is 0 Å². The van der Waals surface area contributed by atoms with Crippen LogP contribution in [0.2, 0.25) is 0 Å². The van der Waals surface area contributed by atoms with E-state index in [4.69, 9.17) is 0 Å². The number of rotatable bonds is 2. The van der Waals surface area contributed by atoms with Gasteiger partial charge in [0.25, 0.3) is 0 Å². The van der Waals surface area contributed by atoms with E-state index in [9.17, 15) is 25.2 Å². The van der Waals surface area contributed by atoms with Crippen LogP contribution in [0.5, 0.6) is 0 Å². The fourth-order valence-corrected chi connectivity index (χ4v) is 5.58. The molecule has 0 bridgehead atoms. The second kappa shape index (κ2) is 3.57. The van der Waals surface area contributed by atoms with E-state index in [1.165, 1.54) is 0 Å². The Kier molecular flexibility index (Phi) is 2.55. The Morgan fingerprint density at radius 1 is 1.25 bits per heavy atom. The molecule has 4 N–H and O–H groups in total. The molecule has 0 unspecified atom stereocenters. The van der Waals surface area contributed by atoms with Crippen LogP contribution in [0.25, 0.3) is 0 Å². The summed E-state index contributed by atoms with van der Waals surface area (Å²) in [4.78, 5) is 11.8. The molecule has 20 heavy (non-hydrogen) atoms. The van der Waals surface area contributed by atoms with E-state index in [0.717, 1.165) is 12.8 Å². The van der Waals surface area contributed by atoms with Gasteiger partial charge in [0.2, 0.25) is 0 Å². The van der Waals surface area contributed by atoms with Gasteiger partial charge in [-0.2, -0.15) is 0 Å². The van der Waals surface area contributed by atoms with Crippen LogP contribution in [0.4, 0.5) is 0 Å². The van der Waals surface area contributed by atoms with E-state index in [1.807, 2.05) is 6.92 Å². The molecule has 3 fully saturated rings. The van der Waals surface area contributed by atoms with Crippen molar-refractivity contribution in [1.29, 1.82) is 0 Å². The van der Waals surface area contributed by atoms with E-state index >= 15 is 0 Å². The summed E-state index contributed by atoms with van der Waals surface area (Å²) >= 11 is 0. The Morgan fingerprint density at radius 3 is 2.35 bits per heavy atom. The number of hydrogen-bond donors (Lipinski definition) is 4. The fraction of sp³-hybridized carbons (Fsp3) is 0.933.